The average molecular weight is 348 g/mol. The molecule has 2 N–H and O–H groups in total. The first-order valence-electron chi connectivity index (χ1n) is 10.1. The molecule has 0 spiro atoms. The zero-order chi connectivity index (χ0) is 19.1. The van der Waals surface area contributed by atoms with E-state index in [1.807, 2.05) is 19.1 Å². The molecule has 0 saturated heterocycles. The van der Waals surface area contributed by atoms with Gasteiger partial charge in [-0.25, -0.2) is 0 Å². The molecule has 2 aliphatic carbocycles. The third kappa shape index (κ3) is 10.4. The second kappa shape index (κ2) is 14.1. The molecule has 0 radical (unpaired) electrons. The van der Waals surface area contributed by atoms with Gasteiger partial charge in [0.15, 0.2) is 0 Å². The molecule has 2 rings (SSSR count). The van der Waals surface area contributed by atoms with Gasteiger partial charge in [-0.3, -0.25) is 0 Å². The lowest BCUT2D eigenvalue weighted by molar-refractivity contribution is -0.115. The van der Waals surface area contributed by atoms with Crippen LogP contribution in [0, 0.1) is 11.3 Å². The van der Waals surface area contributed by atoms with Gasteiger partial charge in [0.1, 0.15) is 6.29 Å². The Bertz CT molecular complexity index is 418. The number of aldehydes is 1. The van der Waals surface area contributed by atoms with Gasteiger partial charge in [-0.05, 0) is 50.5 Å². The van der Waals surface area contributed by atoms with Gasteiger partial charge in [0, 0.05) is 11.5 Å². The summed E-state index contributed by atoms with van der Waals surface area (Å²) in [6, 6.07) is 0.536. The van der Waals surface area contributed by atoms with Crippen molar-refractivity contribution < 1.29 is 4.79 Å². The number of carbonyl (C=O) groups is 1. The number of hydrogen-bond acceptors (Lipinski definition) is 2. The lowest BCUT2D eigenvalue weighted by Crippen LogP contribution is -2.22. The number of nitrogens with two attached hydrogens (primary N) is 1. The van der Waals surface area contributed by atoms with Crippen LogP contribution in [-0.2, 0) is 4.79 Å². The van der Waals surface area contributed by atoms with E-state index in [0.29, 0.717) is 12.0 Å². The van der Waals surface area contributed by atoms with E-state index in [1.54, 1.807) is 0 Å². The molecule has 0 aromatic heterocycles. The normalized spacial score (nSPS) is 27.1. The molecular formula is C23H41NO. The number of hydrogen-bond donors (Lipinski definition) is 1. The Morgan fingerprint density at radius 1 is 1.20 bits per heavy atom. The van der Waals surface area contributed by atoms with Crippen LogP contribution in [0.5, 0.6) is 0 Å². The summed E-state index contributed by atoms with van der Waals surface area (Å²) in [6.45, 7) is 12.1. The van der Waals surface area contributed by atoms with Crippen LogP contribution in [0.25, 0.3) is 0 Å². The van der Waals surface area contributed by atoms with Crippen molar-refractivity contribution in [3.8, 4) is 0 Å². The Morgan fingerprint density at radius 3 is 2.16 bits per heavy atom. The van der Waals surface area contributed by atoms with Crippen LogP contribution in [0.3, 0.4) is 0 Å². The van der Waals surface area contributed by atoms with E-state index < -0.39 is 0 Å². The summed E-state index contributed by atoms with van der Waals surface area (Å²) in [5.41, 5.74) is 6.83. The highest BCUT2D eigenvalue weighted by Crippen LogP contribution is 2.43. The van der Waals surface area contributed by atoms with E-state index in [-0.39, 0.29) is 5.41 Å². The smallest absolute Gasteiger partial charge is 0.125 e. The van der Waals surface area contributed by atoms with Gasteiger partial charge in [-0.1, -0.05) is 77.3 Å². The van der Waals surface area contributed by atoms with E-state index in [0.717, 1.165) is 25.5 Å². The van der Waals surface area contributed by atoms with Gasteiger partial charge in [-0.15, -0.1) is 0 Å². The predicted octanol–water partition coefficient (Wildman–Crippen LogP) is 6.37. The molecule has 2 unspecified atom stereocenters. The van der Waals surface area contributed by atoms with Gasteiger partial charge in [0.25, 0.3) is 0 Å². The third-order valence-corrected chi connectivity index (χ3v) is 4.85. The van der Waals surface area contributed by atoms with Crippen LogP contribution < -0.4 is 5.73 Å². The lowest BCUT2D eigenvalue weighted by atomic mass is 9.87. The molecule has 2 fully saturated rings. The quantitative estimate of drug-likeness (QED) is 0.474. The topological polar surface area (TPSA) is 43.1 Å². The SMILES string of the molecule is C=C/C=C(\C=C/C)C1CCC(C)(C=O)C1.CCC.NC1CCCCC1. The lowest BCUT2D eigenvalue weighted by Gasteiger charge is -2.16. The minimum absolute atomic E-state index is 0.105. The van der Waals surface area contributed by atoms with Crippen molar-refractivity contribution in [1.82, 2.24) is 0 Å². The maximum Gasteiger partial charge on any atom is 0.125 e. The molecule has 2 atom stereocenters. The van der Waals surface area contributed by atoms with Crippen LogP contribution in [0.2, 0.25) is 0 Å². The van der Waals surface area contributed by atoms with E-state index >= 15 is 0 Å². The molecule has 144 valence electrons. The molecule has 2 nitrogen and oxygen atoms in total. The molecular weight excluding hydrogens is 306 g/mol. The highest BCUT2D eigenvalue weighted by atomic mass is 16.1. The highest BCUT2D eigenvalue weighted by molar-refractivity contribution is 5.59. The predicted molar refractivity (Wildman–Crippen MR) is 112 cm³/mol. The maximum absolute atomic E-state index is 11.0. The van der Waals surface area contributed by atoms with Crippen molar-refractivity contribution in [2.45, 2.75) is 91.5 Å². The van der Waals surface area contributed by atoms with Crippen molar-refractivity contribution >= 4 is 6.29 Å². The van der Waals surface area contributed by atoms with Crippen LogP contribution in [0.4, 0.5) is 0 Å². The highest BCUT2D eigenvalue weighted by Gasteiger charge is 2.35. The zero-order valence-corrected chi connectivity index (χ0v) is 17.1. The minimum atomic E-state index is -0.105. The van der Waals surface area contributed by atoms with Crippen LogP contribution in [0.15, 0.2) is 36.5 Å². The Kier molecular flexibility index (Phi) is 13.4. The second-order valence-corrected chi connectivity index (χ2v) is 7.72. The Hall–Kier alpha value is -1.15. The fraction of sp³-hybridized carbons (Fsp3) is 0.696. The van der Waals surface area contributed by atoms with E-state index in [1.165, 1.54) is 44.1 Å². The largest absolute Gasteiger partial charge is 0.328 e. The monoisotopic (exact) mass is 347 g/mol. The Labute approximate surface area is 156 Å². The minimum Gasteiger partial charge on any atom is -0.328 e. The number of carbonyl (C=O) groups excluding carboxylic acids is 1. The van der Waals surface area contributed by atoms with Crippen molar-refractivity contribution in [3.05, 3.63) is 36.5 Å². The van der Waals surface area contributed by atoms with Gasteiger partial charge in [-0.2, -0.15) is 0 Å². The molecule has 0 amide bonds. The first kappa shape index (κ1) is 23.9. The zero-order valence-electron chi connectivity index (χ0n) is 17.1. The molecule has 2 heteroatoms. The summed E-state index contributed by atoms with van der Waals surface area (Å²) in [4.78, 5) is 11.0. The fourth-order valence-electron chi connectivity index (χ4n) is 3.45. The van der Waals surface area contributed by atoms with Crippen molar-refractivity contribution in [2.24, 2.45) is 17.1 Å². The van der Waals surface area contributed by atoms with Gasteiger partial charge < -0.3 is 10.5 Å². The first-order chi connectivity index (χ1) is 12.0. The summed E-state index contributed by atoms with van der Waals surface area (Å²) < 4.78 is 0. The van der Waals surface area contributed by atoms with Gasteiger partial charge in [0.05, 0.1) is 0 Å². The summed E-state index contributed by atoms with van der Waals surface area (Å²) in [5, 5.41) is 0. The molecule has 0 heterocycles. The summed E-state index contributed by atoms with van der Waals surface area (Å²) in [6.07, 6.45) is 20.2. The Morgan fingerprint density at radius 2 is 1.80 bits per heavy atom. The van der Waals surface area contributed by atoms with Crippen molar-refractivity contribution in [2.75, 3.05) is 0 Å². The van der Waals surface area contributed by atoms with Crippen LogP contribution in [0.1, 0.15) is 85.5 Å². The number of allylic oxidation sites excluding steroid dienone is 5. The number of rotatable bonds is 4. The maximum atomic E-state index is 11.0. The molecule has 0 bridgehead atoms. The summed E-state index contributed by atoms with van der Waals surface area (Å²) in [5.74, 6) is 0.523. The fourth-order valence-corrected chi connectivity index (χ4v) is 3.45. The summed E-state index contributed by atoms with van der Waals surface area (Å²) >= 11 is 0. The Balaban J connectivity index is 0.000000475. The van der Waals surface area contributed by atoms with E-state index in [9.17, 15) is 4.79 Å². The second-order valence-electron chi connectivity index (χ2n) is 7.72. The molecule has 0 aromatic rings. The van der Waals surface area contributed by atoms with Crippen LogP contribution >= 0.6 is 0 Å². The molecule has 0 aromatic carbocycles. The average Bonchev–Trinajstić information content (AvgIpc) is 3.00. The molecule has 0 aliphatic heterocycles. The van der Waals surface area contributed by atoms with Gasteiger partial charge >= 0.3 is 0 Å². The molecule has 2 aliphatic rings. The van der Waals surface area contributed by atoms with Crippen molar-refractivity contribution in [3.63, 3.8) is 0 Å². The van der Waals surface area contributed by atoms with Crippen molar-refractivity contribution in [1.29, 1.82) is 0 Å². The van der Waals surface area contributed by atoms with E-state index in [4.69, 9.17) is 5.73 Å². The van der Waals surface area contributed by atoms with Crippen LogP contribution in [-0.4, -0.2) is 12.3 Å². The third-order valence-electron chi connectivity index (χ3n) is 4.85. The van der Waals surface area contributed by atoms with E-state index in [2.05, 4.69) is 39.5 Å². The molecule has 25 heavy (non-hydrogen) atoms. The first-order valence-corrected chi connectivity index (χ1v) is 10.1. The standard InChI is InChI=1S/C14H20O.C6H13N.C3H8/c1-4-6-12(7-5-2)13-8-9-14(3,10-13)11-15;7-6-4-2-1-3-5-6;1-3-2/h4-7,11,13H,1,8-10H2,2-3H3;6H,1-5,7H2;3H2,1-2H3/b7-5-,12-6+;;. The summed E-state index contributed by atoms with van der Waals surface area (Å²) in [7, 11) is 0. The van der Waals surface area contributed by atoms with Gasteiger partial charge in [0.2, 0.25) is 0 Å². The molecule has 2 saturated carbocycles.